The number of benzene rings is 1. The van der Waals surface area contributed by atoms with Crippen LogP contribution >= 0.6 is 0 Å². The zero-order chi connectivity index (χ0) is 10.8. The van der Waals surface area contributed by atoms with Gasteiger partial charge in [-0.15, -0.1) is 0 Å². The molecule has 0 amide bonds. The lowest BCUT2D eigenvalue weighted by Gasteiger charge is -2.02. The molecule has 0 saturated heterocycles. The lowest BCUT2D eigenvalue weighted by molar-refractivity contribution is 0.584. The molecule has 0 aliphatic heterocycles. The normalized spacial score (nSPS) is 10.3. The molecule has 0 bridgehead atoms. The maximum absolute atomic E-state index is 13.0. The molecule has 15 heavy (non-hydrogen) atoms. The van der Waals surface area contributed by atoms with Gasteiger partial charge in [0.25, 0.3) is 0 Å². The topological polar surface area (TPSA) is 12.9 Å². The molecule has 0 atom stereocenters. The number of rotatable bonds is 1. The van der Waals surface area contributed by atoms with Crippen molar-refractivity contribution < 1.29 is 8.78 Å². The maximum Gasteiger partial charge on any atom is 0.126 e. The predicted octanol–water partition coefficient (Wildman–Crippen LogP) is 3.34. The van der Waals surface area contributed by atoms with Crippen molar-refractivity contribution in [1.29, 1.82) is 0 Å². The van der Waals surface area contributed by atoms with Crippen LogP contribution in [0.3, 0.4) is 0 Å². The Morgan fingerprint density at radius 1 is 0.933 bits per heavy atom. The van der Waals surface area contributed by atoms with Crippen LogP contribution in [0.2, 0.25) is 0 Å². The molecular weight excluding hydrogens is 196 g/mol. The Morgan fingerprint density at radius 2 is 1.60 bits per heavy atom. The van der Waals surface area contributed by atoms with Crippen LogP contribution < -0.4 is 0 Å². The van der Waals surface area contributed by atoms with E-state index in [0.717, 1.165) is 17.3 Å². The Kier molecular flexibility index (Phi) is 2.46. The second-order valence-corrected chi connectivity index (χ2v) is 3.34. The third-order valence-electron chi connectivity index (χ3n) is 2.09. The van der Waals surface area contributed by atoms with Crippen LogP contribution in [0.4, 0.5) is 8.78 Å². The largest absolute Gasteiger partial charge is 0.262 e. The summed E-state index contributed by atoms with van der Waals surface area (Å²) in [4.78, 5) is 4.02. The van der Waals surface area contributed by atoms with E-state index in [9.17, 15) is 8.78 Å². The first kappa shape index (κ1) is 9.77. The first-order valence-corrected chi connectivity index (χ1v) is 4.54. The summed E-state index contributed by atoms with van der Waals surface area (Å²) in [6, 6.07) is 6.97. The van der Waals surface area contributed by atoms with Crippen molar-refractivity contribution in [3.8, 4) is 11.1 Å². The minimum absolute atomic E-state index is 0.526. The summed E-state index contributed by atoms with van der Waals surface area (Å²) in [5.41, 5.74) is 2.11. The van der Waals surface area contributed by atoms with E-state index >= 15 is 0 Å². The van der Waals surface area contributed by atoms with Crippen molar-refractivity contribution in [2.45, 2.75) is 6.92 Å². The van der Waals surface area contributed by atoms with Gasteiger partial charge >= 0.3 is 0 Å². The summed E-state index contributed by atoms with van der Waals surface area (Å²) in [6.45, 7) is 1.83. The minimum Gasteiger partial charge on any atom is -0.262 e. The number of hydrogen-bond acceptors (Lipinski definition) is 1. The highest BCUT2D eigenvalue weighted by Gasteiger charge is 2.03. The molecule has 1 aromatic carbocycles. The Balaban J connectivity index is 2.54. The molecule has 76 valence electrons. The fourth-order valence-corrected chi connectivity index (χ4v) is 1.45. The third-order valence-corrected chi connectivity index (χ3v) is 2.09. The Labute approximate surface area is 86.4 Å². The monoisotopic (exact) mass is 205 g/mol. The van der Waals surface area contributed by atoms with Gasteiger partial charge in [-0.05, 0) is 42.3 Å². The van der Waals surface area contributed by atoms with Crippen molar-refractivity contribution >= 4 is 0 Å². The van der Waals surface area contributed by atoms with Gasteiger partial charge in [-0.2, -0.15) is 0 Å². The van der Waals surface area contributed by atoms with Gasteiger partial charge in [0.15, 0.2) is 0 Å². The summed E-state index contributed by atoms with van der Waals surface area (Å²) in [5, 5.41) is 0. The van der Waals surface area contributed by atoms with E-state index in [1.54, 1.807) is 18.3 Å². The average Bonchev–Trinajstić information content (AvgIpc) is 2.16. The fourth-order valence-electron chi connectivity index (χ4n) is 1.45. The summed E-state index contributed by atoms with van der Waals surface area (Å²) in [5.74, 6) is -1.14. The van der Waals surface area contributed by atoms with Gasteiger partial charge in [-0.1, -0.05) is 0 Å². The Hall–Kier alpha value is -1.77. The molecule has 0 aliphatic carbocycles. The van der Waals surface area contributed by atoms with Crippen molar-refractivity contribution in [1.82, 2.24) is 4.98 Å². The quantitative estimate of drug-likeness (QED) is 0.695. The van der Waals surface area contributed by atoms with Gasteiger partial charge in [-0.3, -0.25) is 4.98 Å². The van der Waals surface area contributed by atoms with Crippen LogP contribution in [-0.4, -0.2) is 4.98 Å². The fraction of sp³-hybridized carbons (Fsp3) is 0.0833. The first-order chi connectivity index (χ1) is 7.15. The van der Waals surface area contributed by atoms with Crippen molar-refractivity contribution in [3.05, 3.63) is 53.9 Å². The van der Waals surface area contributed by atoms with Gasteiger partial charge in [0.05, 0.1) is 0 Å². The number of halogens is 2. The molecule has 2 rings (SSSR count). The molecule has 1 aromatic heterocycles. The number of aromatic nitrogens is 1. The molecule has 0 N–H and O–H groups in total. The average molecular weight is 205 g/mol. The smallest absolute Gasteiger partial charge is 0.126 e. The van der Waals surface area contributed by atoms with Crippen LogP contribution in [0, 0.1) is 18.6 Å². The highest BCUT2D eigenvalue weighted by molar-refractivity contribution is 5.63. The van der Waals surface area contributed by atoms with Crippen molar-refractivity contribution in [2.75, 3.05) is 0 Å². The standard InChI is InChI=1S/C12H9F2N/c1-8-4-9(2-3-15-8)10-5-11(13)7-12(14)6-10/h2-7H,1H3. The summed E-state index contributed by atoms with van der Waals surface area (Å²) >= 11 is 0. The van der Waals surface area contributed by atoms with E-state index in [2.05, 4.69) is 4.98 Å². The van der Waals surface area contributed by atoms with Crippen LogP contribution in [0.15, 0.2) is 36.5 Å². The van der Waals surface area contributed by atoms with E-state index in [-0.39, 0.29) is 0 Å². The molecule has 0 aliphatic rings. The molecule has 0 spiro atoms. The van der Waals surface area contributed by atoms with Crippen LogP contribution in [0.1, 0.15) is 5.69 Å². The van der Waals surface area contributed by atoms with Gasteiger partial charge in [-0.25, -0.2) is 8.78 Å². The third kappa shape index (κ3) is 2.18. The molecule has 3 heteroatoms. The number of pyridine rings is 1. The first-order valence-electron chi connectivity index (χ1n) is 4.54. The molecule has 1 nitrogen and oxygen atoms in total. The Morgan fingerprint density at radius 3 is 2.20 bits per heavy atom. The SMILES string of the molecule is Cc1cc(-c2cc(F)cc(F)c2)ccn1. The Bertz CT molecular complexity index is 474. The zero-order valence-electron chi connectivity index (χ0n) is 8.17. The lowest BCUT2D eigenvalue weighted by atomic mass is 10.1. The van der Waals surface area contributed by atoms with E-state index in [4.69, 9.17) is 0 Å². The highest BCUT2D eigenvalue weighted by Crippen LogP contribution is 2.21. The molecule has 0 saturated carbocycles. The molecule has 0 radical (unpaired) electrons. The van der Waals surface area contributed by atoms with E-state index < -0.39 is 11.6 Å². The molecule has 1 heterocycles. The van der Waals surface area contributed by atoms with Crippen LogP contribution in [-0.2, 0) is 0 Å². The second-order valence-electron chi connectivity index (χ2n) is 3.34. The van der Waals surface area contributed by atoms with Gasteiger partial charge in [0.2, 0.25) is 0 Å². The molecule has 2 aromatic rings. The second kappa shape index (κ2) is 3.77. The number of nitrogens with zero attached hydrogens (tertiary/aromatic N) is 1. The summed E-state index contributed by atoms with van der Waals surface area (Å²) in [7, 11) is 0. The molecular formula is C12H9F2N. The van der Waals surface area contributed by atoms with Crippen molar-refractivity contribution in [2.24, 2.45) is 0 Å². The van der Waals surface area contributed by atoms with Crippen LogP contribution in [0.25, 0.3) is 11.1 Å². The molecule has 0 fully saturated rings. The van der Waals surface area contributed by atoms with Gasteiger partial charge < -0.3 is 0 Å². The highest BCUT2D eigenvalue weighted by atomic mass is 19.1. The summed E-state index contributed by atoms with van der Waals surface area (Å²) in [6.07, 6.45) is 1.62. The van der Waals surface area contributed by atoms with Gasteiger partial charge in [0.1, 0.15) is 11.6 Å². The van der Waals surface area contributed by atoms with E-state index in [0.29, 0.717) is 5.56 Å². The lowest BCUT2D eigenvalue weighted by Crippen LogP contribution is -1.86. The predicted molar refractivity (Wildman–Crippen MR) is 54.3 cm³/mol. The van der Waals surface area contributed by atoms with Crippen LogP contribution in [0.5, 0.6) is 0 Å². The zero-order valence-corrected chi connectivity index (χ0v) is 8.17. The molecule has 0 unspecified atom stereocenters. The summed E-state index contributed by atoms with van der Waals surface area (Å²) < 4.78 is 25.9. The van der Waals surface area contributed by atoms with Crippen molar-refractivity contribution in [3.63, 3.8) is 0 Å². The van der Waals surface area contributed by atoms with Gasteiger partial charge in [0, 0.05) is 18.0 Å². The number of hydrogen-bond donors (Lipinski definition) is 0. The number of aryl methyl sites for hydroxylation is 1. The van der Waals surface area contributed by atoms with E-state index in [1.165, 1.54) is 12.1 Å². The minimum atomic E-state index is -0.570. The van der Waals surface area contributed by atoms with E-state index in [1.807, 2.05) is 6.92 Å². The maximum atomic E-state index is 13.0.